The summed E-state index contributed by atoms with van der Waals surface area (Å²) < 4.78 is 35.6. The van der Waals surface area contributed by atoms with Crippen LogP contribution in [0.25, 0.3) is 0 Å². The molecular weight excluding hydrogens is 642 g/mol. The van der Waals surface area contributed by atoms with Crippen molar-refractivity contribution in [2.75, 3.05) is 19.8 Å². The van der Waals surface area contributed by atoms with Gasteiger partial charge in [-0.1, -0.05) is 0 Å². The SMILES string of the molecule is O=C(CCCn1c(=O)n(CCCC(=O)OCC2CCC3OC3C2)c(=O)n(CCOC(=O)C2CCC3OC3C2)c1=O)OCC1CCC2OC2C1. The fourth-order valence-electron chi connectivity index (χ4n) is 7.84. The van der Waals surface area contributed by atoms with Crippen LogP contribution in [0.4, 0.5) is 0 Å². The predicted octanol–water partition coefficient (Wildman–Crippen LogP) is 1.06. The Labute approximate surface area is 283 Å². The number of nitrogens with zero attached hydrogens (tertiary/aromatic N) is 3. The topological polar surface area (TPSA) is 182 Å². The van der Waals surface area contributed by atoms with E-state index in [-0.39, 0.29) is 94.1 Å². The molecule has 9 atom stereocenters. The van der Waals surface area contributed by atoms with E-state index in [2.05, 4.69) is 0 Å². The molecule has 3 aliphatic carbocycles. The molecule has 0 aromatic carbocycles. The number of rotatable bonds is 16. The molecule has 0 spiro atoms. The number of hydrogen-bond acceptors (Lipinski definition) is 12. The number of aromatic nitrogens is 3. The first-order valence-corrected chi connectivity index (χ1v) is 18.1. The number of carbonyl (C=O) groups excluding carboxylic acids is 3. The van der Waals surface area contributed by atoms with Gasteiger partial charge in [0, 0.05) is 25.9 Å². The van der Waals surface area contributed by atoms with E-state index in [1.165, 1.54) is 0 Å². The predicted molar refractivity (Wildman–Crippen MR) is 169 cm³/mol. The van der Waals surface area contributed by atoms with E-state index in [9.17, 15) is 28.8 Å². The first-order valence-electron chi connectivity index (χ1n) is 18.1. The minimum Gasteiger partial charge on any atom is -0.465 e. The van der Waals surface area contributed by atoms with Crippen molar-refractivity contribution in [3.63, 3.8) is 0 Å². The van der Waals surface area contributed by atoms with Crippen LogP contribution in [-0.4, -0.2) is 88.1 Å². The van der Waals surface area contributed by atoms with Crippen LogP contribution in [0.5, 0.6) is 0 Å². The summed E-state index contributed by atoms with van der Waals surface area (Å²) in [7, 11) is 0. The molecule has 1 aromatic rings. The molecule has 1 aromatic heterocycles. The van der Waals surface area contributed by atoms with E-state index in [4.69, 9.17) is 28.4 Å². The third-order valence-corrected chi connectivity index (χ3v) is 11.0. The third kappa shape index (κ3) is 8.54. The van der Waals surface area contributed by atoms with E-state index < -0.39 is 35.0 Å². The van der Waals surface area contributed by atoms with Crippen molar-refractivity contribution < 1.29 is 42.8 Å². The summed E-state index contributed by atoms with van der Waals surface area (Å²) in [6, 6.07) is 0. The lowest BCUT2D eigenvalue weighted by Crippen LogP contribution is -2.55. The lowest BCUT2D eigenvalue weighted by Gasteiger charge is -2.19. The minimum atomic E-state index is -0.850. The minimum absolute atomic E-state index is 0.00872. The van der Waals surface area contributed by atoms with Crippen LogP contribution in [0.1, 0.15) is 83.5 Å². The van der Waals surface area contributed by atoms with Crippen molar-refractivity contribution in [3.8, 4) is 0 Å². The normalized spacial score (nSPS) is 32.2. The number of hydrogen-bond donors (Lipinski definition) is 0. The molecule has 15 heteroatoms. The van der Waals surface area contributed by atoms with Gasteiger partial charge in [-0.2, -0.15) is 0 Å². The van der Waals surface area contributed by atoms with Gasteiger partial charge in [0.05, 0.1) is 62.3 Å². The maximum atomic E-state index is 13.4. The zero-order valence-corrected chi connectivity index (χ0v) is 27.9. The second-order valence-electron chi connectivity index (χ2n) is 14.6. The van der Waals surface area contributed by atoms with Crippen LogP contribution >= 0.6 is 0 Å². The van der Waals surface area contributed by atoms with E-state index in [1.54, 1.807) is 0 Å². The Hall–Kier alpha value is -3.30. The molecule has 9 unspecified atom stereocenters. The number of esters is 3. The van der Waals surface area contributed by atoms with Crippen molar-refractivity contribution >= 4 is 17.9 Å². The highest BCUT2D eigenvalue weighted by Crippen LogP contribution is 2.41. The number of carbonyl (C=O) groups is 3. The zero-order chi connectivity index (χ0) is 34.1. The summed E-state index contributed by atoms with van der Waals surface area (Å²) in [4.78, 5) is 77.9. The van der Waals surface area contributed by atoms with E-state index in [1.807, 2.05) is 0 Å². The molecule has 3 saturated heterocycles. The Bertz CT molecular complexity index is 1490. The van der Waals surface area contributed by atoms with Crippen LogP contribution in [0.15, 0.2) is 14.4 Å². The standard InChI is InChI=1S/C34H47N3O12/c38-29(45-18-20-5-8-23-26(15-20)47-23)3-1-11-35-32(41)36(12-2-4-30(39)46-19-21-6-9-24-27(16-21)48-24)34(43)37(33(35)42)13-14-44-31(40)22-7-10-25-28(17-22)49-25/h20-28H,1-19H2. The van der Waals surface area contributed by atoms with Gasteiger partial charge in [-0.15, -0.1) is 0 Å². The van der Waals surface area contributed by atoms with Crippen LogP contribution in [0, 0.1) is 17.8 Å². The van der Waals surface area contributed by atoms with Crippen molar-refractivity contribution in [2.24, 2.45) is 17.8 Å². The number of fused-ring (bicyclic) bond motifs is 3. The van der Waals surface area contributed by atoms with Crippen molar-refractivity contribution in [3.05, 3.63) is 31.5 Å². The monoisotopic (exact) mass is 689 g/mol. The summed E-state index contributed by atoms with van der Waals surface area (Å²) in [5.41, 5.74) is -2.52. The Balaban J connectivity index is 0.944. The van der Waals surface area contributed by atoms with E-state index in [0.29, 0.717) is 38.3 Å². The maximum absolute atomic E-state index is 13.4. The molecular formula is C34H47N3O12. The van der Waals surface area contributed by atoms with Gasteiger partial charge in [0.15, 0.2) is 0 Å². The third-order valence-electron chi connectivity index (χ3n) is 11.0. The lowest BCUT2D eigenvalue weighted by atomic mass is 9.89. The highest BCUT2D eigenvalue weighted by molar-refractivity contribution is 5.72. The molecule has 0 radical (unpaired) electrons. The van der Waals surface area contributed by atoms with Crippen LogP contribution in [-0.2, 0) is 62.4 Å². The quantitative estimate of drug-likeness (QED) is 0.137. The van der Waals surface area contributed by atoms with Gasteiger partial charge in [-0.05, 0) is 82.5 Å². The van der Waals surface area contributed by atoms with Gasteiger partial charge in [0.2, 0.25) is 0 Å². The van der Waals surface area contributed by atoms with Crippen molar-refractivity contribution in [2.45, 2.75) is 140 Å². The molecule has 6 fully saturated rings. The summed E-state index contributed by atoms with van der Waals surface area (Å²) in [6.07, 6.45) is 9.58. The van der Waals surface area contributed by atoms with Crippen LogP contribution in [0.2, 0.25) is 0 Å². The molecule has 3 saturated carbocycles. The molecule has 49 heavy (non-hydrogen) atoms. The second-order valence-corrected chi connectivity index (χ2v) is 14.6. The molecule has 15 nitrogen and oxygen atoms in total. The molecule has 0 bridgehead atoms. The Kier molecular flexibility index (Phi) is 10.4. The van der Waals surface area contributed by atoms with Gasteiger partial charge < -0.3 is 28.4 Å². The molecule has 3 aliphatic heterocycles. The first kappa shape index (κ1) is 34.2. The van der Waals surface area contributed by atoms with Crippen molar-refractivity contribution in [1.82, 2.24) is 13.7 Å². The average molecular weight is 690 g/mol. The highest BCUT2D eigenvalue weighted by atomic mass is 16.6. The molecule has 270 valence electrons. The molecule has 7 rings (SSSR count). The van der Waals surface area contributed by atoms with Crippen molar-refractivity contribution in [1.29, 1.82) is 0 Å². The first-order chi connectivity index (χ1) is 23.7. The molecule has 6 aliphatic rings. The summed E-state index contributed by atoms with van der Waals surface area (Å²) in [5, 5.41) is 0. The molecule has 0 N–H and O–H groups in total. The summed E-state index contributed by atoms with van der Waals surface area (Å²) in [6.45, 7) is -0.0768. The maximum Gasteiger partial charge on any atom is 0.336 e. The van der Waals surface area contributed by atoms with Gasteiger partial charge in [0.1, 0.15) is 6.61 Å². The zero-order valence-electron chi connectivity index (χ0n) is 27.9. The molecule has 0 amide bonds. The van der Waals surface area contributed by atoms with E-state index >= 15 is 0 Å². The van der Waals surface area contributed by atoms with Crippen LogP contribution in [0.3, 0.4) is 0 Å². The fraction of sp³-hybridized carbons (Fsp3) is 0.824. The summed E-state index contributed by atoms with van der Waals surface area (Å²) >= 11 is 0. The largest absolute Gasteiger partial charge is 0.465 e. The average Bonchev–Trinajstić information content (AvgIpc) is 3.99. The van der Waals surface area contributed by atoms with Gasteiger partial charge in [-0.3, -0.25) is 14.4 Å². The Morgan fingerprint density at radius 2 is 1.00 bits per heavy atom. The lowest BCUT2D eigenvalue weighted by molar-refractivity contribution is -0.150. The summed E-state index contributed by atoms with van der Waals surface area (Å²) in [5.74, 6) is -1.00. The highest BCUT2D eigenvalue weighted by Gasteiger charge is 2.46. The Morgan fingerprint density at radius 1 is 0.551 bits per heavy atom. The van der Waals surface area contributed by atoms with Gasteiger partial charge in [0.25, 0.3) is 0 Å². The number of epoxide rings is 3. The second kappa shape index (κ2) is 14.9. The molecule has 4 heterocycles. The fourth-order valence-corrected chi connectivity index (χ4v) is 7.84. The Morgan fingerprint density at radius 3 is 1.47 bits per heavy atom. The number of ether oxygens (including phenoxy) is 6. The van der Waals surface area contributed by atoms with Gasteiger partial charge in [-0.25, -0.2) is 28.1 Å². The van der Waals surface area contributed by atoms with Gasteiger partial charge >= 0.3 is 35.0 Å². The smallest absolute Gasteiger partial charge is 0.336 e. The van der Waals surface area contributed by atoms with Crippen LogP contribution < -0.4 is 17.1 Å². The van der Waals surface area contributed by atoms with E-state index in [0.717, 1.165) is 58.6 Å².